The molecule has 2 nitrogen and oxygen atoms in total. The lowest BCUT2D eigenvalue weighted by atomic mass is 9.97. The highest BCUT2D eigenvalue weighted by molar-refractivity contribution is 6.08. The molecule has 0 saturated carbocycles. The Morgan fingerprint density at radius 1 is 1.44 bits per heavy atom. The largest absolute Gasteiger partial charge is 0.371 e. The van der Waals surface area contributed by atoms with E-state index in [1.807, 2.05) is 0 Å². The highest BCUT2D eigenvalue weighted by Crippen LogP contribution is 2.27. The van der Waals surface area contributed by atoms with Gasteiger partial charge in [0.2, 0.25) is 0 Å². The molecule has 0 aromatic heterocycles. The fourth-order valence-corrected chi connectivity index (χ4v) is 2.33. The number of allylic oxidation sites excluding steroid dienone is 1. The van der Waals surface area contributed by atoms with Crippen molar-refractivity contribution in [1.29, 1.82) is 0 Å². The van der Waals surface area contributed by atoms with Gasteiger partial charge in [0.15, 0.2) is 5.78 Å². The molecule has 3 heteroatoms. The van der Waals surface area contributed by atoms with Crippen molar-refractivity contribution in [1.82, 2.24) is 0 Å². The molecule has 18 heavy (non-hydrogen) atoms. The molecule has 1 aromatic rings. The van der Waals surface area contributed by atoms with Crippen molar-refractivity contribution in [2.45, 2.75) is 19.8 Å². The summed E-state index contributed by atoms with van der Waals surface area (Å²) < 4.78 is 13.4. The first-order valence-electron chi connectivity index (χ1n) is 6.33. The number of nitrogens with zero attached hydrogens (tertiary/aromatic N) is 1. The van der Waals surface area contributed by atoms with E-state index in [4.69, 9.17) is 0 Å². The average molecular weight is 247 g/mol. The molecule has 1 saturated heterocycles. The molecule has 1 heterocycles. The molecular formula is C15H18FNO. The van der Waals surface area contributed by atoms with Gasteiger partial charge in [-0.25, -0.2) is 4.39 Å². The Kier molecular flexibility index (Phi) is 3.80. The van der Waals surface area contributed by atoms with Crippen LogP contribution in [-0.2, 0) is 0 Å². The second-order valence-electron chi connectivity index (χ2n) is 4.90. The Morgan fingerprint density at radius 2 is 2.11 bits per heavy atom. The topological polar surface area (TPSA) is 20.3 Å². The van der Waals surface area contributed by atoms with Gasteiger partial charge in [0, 0.05) is 18.7 Å². The Labute approximate surface area is 107 Å². The zero-order valence-corrected chi connectivity index (χ0v) is 10.7. The number of anilines is 1. The lowest BCUT2D eigenvalue weighted by Gasteiger charge is -2.33. The van der Waals surface area contributed by atoms with Crippen molar-refractivity contribution in [2.75, 3.05) is 18.0 Å². The zero-order valence-electron chi connectivity index (χ0n) is 10.7. The Balaban J connectivity index is 2.33. The van der Waals surface area contributed by atoms with Gasteiger partial charge in [0.25, 0.3) is 0 Å². The van der Waals surface area contributed by atoms with Gasteiger partial charge in [0.05, 0.1) is 5.69 Å². The van der Waals surface area contributed by atoms with Crippen LogP contribution in [0.15, 0.2) is 30.9 Å². The summed E-state index contributed by atoms with van der Waals surface area (Å²) in [4.78, 5) is 13.9. The molecule has 1 aliphatic heterocycles. The second kappa shape index (κ2) is 5.34. The van der Waals surface area contributed by atoms with E-state index < -0.39 is 0 Å². The molecule has 0 N–H and O–H groups in total. The van der Waals surface area contributed by atoms with Gasteiger partial charge >= 0.3 is 0 Å². The van der Waals surface area contributed by atoms with E-state index in [9.17, 15) is 9.18 Å². The number of benzene rings is 1. The van der Waals surface area contributed by atoms with Crippen LogP contribution >= 0.6 is 0 Å². The maximum absolute atomic E-state index is 13.4. The van der Waals surface area contributed by atoms with Crippen LogP contribution in [0.2, 0.25) is 0 Å². The van der Waals surface area contributed by atoms with Crippen LogP contribution in [0.3, 0.4) is 0 Å². The first-order valence-corrected chi connectivity index (χ1v) is 6.33. The van der Waals surface area contributed by atoms with Gasteiger partial charge in [-0.15, -0.1) is 0 Å². The predicted octanol–water partition coefficient (Wildman–Crippen LogP) is 3.43. The Bertz CT molecular complexity index is 462. The minimum atomic E-state index is -0.302. The predicted molar refractivity (Wildman–Crippen MR) is 71.5 cm³/mol. The lowest BCUT2D eigenvalue weighted by molar-refractivity contribution is 0.104. The number of hydrogen-bond acceptors (Lipinski definition) is 2. The molecule has 1 aromatic carbocycles. The van der Waals surface area contributed by atoms with Gasteiger partial charge < -0.3 is 4.90 Å². The van der Waals surface area contributed by atoms with Crippen molar-refractivity contribution in [3.05, 3.63) is 42.2 Å². The molecule has 2 rings (SSSR count). The van der Waals surface area contributed by atoms with Crippen molar-refractivity contribution in [3.8, 4) is 0 Å². The third-order valence-corrected chi connectivity index (χ3v) is 3.53. The van der Waals surface area contributed by atoms with Gasteiger partial charge in [-0.05, 0) is 43.0 Å². The normalized spacial score (nSPS) is 16.7. The number of carbonyl (C=O) groups excluding carboxylic acids is 1. The molecule has 0 aliphatic carbocycles. The molecule has 1 fully saturated rings. The summed E-state index contributed by atoms with van der Waals surface area (Å²) in [6.45, 7) is 7.47. The van der Waals surface area contributed by atoms with E-state index in [0.29, 0.717) is 17.2 Å². The average Bonchev–Trinajstić information content (AvgIpc) is 2.38. The highest BCUT2D eigenvalue weighted by Gasteiger charge is 2.20. The zero-order chi connectivity index (χ0) is 13.1. The van der Waals surface area contributed by atoms with Crippen molar-refractivity contribution in [2.24, 2.45) is 5.92 Å². The summed E-state index contributed by atoms with van der Waals surface area (Å²) in [5.74, 6) is 0.251. The number of halogens is 1. The first-order chi connectivity index (χ1) is 8.61. The van der Waals surface area contributed by atoms with Crippen molar-refractivity contribution >= 4 is 11.5 Å². The molecule has 0 spiro atoms. The minimum absolute atomic E-state index is 0.149. The van der Waals surface area contributed by atoms with E-state index in [0.717, 1.165) is 25.9 Å². The lowest BCUT2D eigenvalue weighted by Crippen LogP contribution is -2.33. The van der Waals surface area contributed by atoms with Crippen LogP contribution in [0.1, 0.15) is 30.1 Å². The SMILES string of the molecule is C=CC(=O)c1ccc(F)cc1N1CCC(C)CC1. The summed E-state index contributed by atoms with van der Waals surface area (Å²) in [5.41, 5.74) is 1.24. The fourth-order valence-electron chi connectivity index (χ4n) is 2.33. The monoisotopic (exact) mass is 247 g/mol. The van der Waals surface area contributed by atoms with Gasteiger partial charge in [-0.1, -0.05) is 13.5 Å². The first kappa shape index (κ1) is 12.8. The van der Waals surface area contributed by atoms with E-state index >= 15 is 0 Å². The van der Waals surface area contributed by atoms with Gasteiger partial charge in [-0.3, -0.25) is 4.79 Å². The van der Waals surface area contributed by atoms with Crippen LogP contribution in [-0.4, -0.2) is 18.9 Å². The molecule has 0 bridgehead atoms. The van der Waals surface area contributed by atoms with E-state index in [-0.39, 0.29) is 11.6 Å². The summed E-state index contributed by atoms with van der Waals surface area (Å²) in [7, 11) is 0. The molecule has 1 aliphatic rings. The molecular weight excluding hydrogens is 229 g/mol. The van der Waals surface area contributed by atoms with Crippen molar-refractivity contribution < 1.29 is 9.18 Å². The maximum atomic E-state index is 13.4. The van der Waals surface area contributed by atoms with E-state index in [2.05, 4.69) is 18.4 Å². The van der Waals surface area contributed by atoms with Gasteiger partial charge in [-0.2, -0.15) is 0 Å². The van der Waals surface area contributed by atoms with Crippen LogP contribution in [0.5, 0.6) is 0 Å². The molecule has 96 valence electrons. The molecule has 0 radical (unpaired) electrons. The summed E-state index contributed by atoms with van der Waals surface area (Å²) >= 11 is 0. The van der Waals surface area contributed by atoms with Crippen LogP contribution in [0.25, 0.3) is 0 Å². The van der Waals surface area contributed by atoms with Gasteiger partial charge in [0.1, 0.15) is 5.82 Å². The van der Waals surface area contributed by atoms with Crippen LogP contribution in [0.4, 0.5) is 10.1 Å². The number of carbonyl (C=O) groups is 1. The van der Waals surface area contributed by atoms with Crippen molar-refractivity contribution in [3.63, 3.8) is 0 Å². The Hall–Kier alpha value is -1.64. The summed E-state index contributed by atoms with van der Waals surface area (Å²) in [6.07, 6.45) is 3.44. The molecule has 0 amide bonds. The quantitative estimate of drug-likeness (QED) is 0.602. The number of rotatable bonds is 3. The van der Waals surface area contributed by atoms with Crippen LogP contribution < -0.4 is 4.90 Å². The maximum Gasteiger partial charge on any atom is 0.187 e. The second-order valence-corrected chi connectivity index (χ2v) is 4.90. The highest BCUT2D eigenvalue weighted by atomic mass is 19.1. The Morgan fingerprint density at radius 3 is 2.72 bits per heavy atom. The standard InChI is InChI=1S/C15H18FNO/c1-3-15(18)13-5-4-12(16)10-14(13)17-8-6-11(2)7-9-17/h3-5,10-11H,1,6-9H2,2H3. The third-order valence-electron chi connectivity index (χ3n) is 3.53. The van der Waals surface area contributed by atoms with Crippen LogP contribution in [0, 0.1) is 11.7 Å². The minimum Gasteiger partial charge on any atom is -0.371 e. The fraction of sp³-hybridized carbons (Fsp3) is 0.400. The van der Waals surface area contributed by atoms with E-state index in [1.54, 1.807) is 6.07 Å². The number of hydrogen-bond donors (Lipinski definition) is 0. The van der Waals surface area contributed by atoms with E-state index in [1.165, 1.54) is 18.2 Å². The molecule has 0 atom stereocenters. The smallest absolute Gasteiger partial charge is 0.187 e. The summed E-state index contributed by atoms with van der Waals surface area (Å²) in [5, 5.41) is 0. The number of piperidine rings is 1. The molecule has 0 unspecified atom stereocenters. The summed E-state index contributed by atoms with van der Waals surface area (Å²) in [6, 6.07) is 4.33. The third kappa shape index (κ3) is 2.61. The number of ketones is 1.